The maximum atomic E-state index is 13.1. The molecule has 2 aromatic rings. The van der Waals surface area contributed by atoms with Crippen molar-refractivity contribution in [3.05, 3.63) is 35.8 Å². The molecule has 3 unspecified atom stereocenters. The Morgan fingerprint density at radius 1 is 1.19 bits per heavy atom. The Morgan fingerprint density at radius 3 is 2.67 bits per heavy atom. The van der Waals surface area contributed by atoms with Gasteiger partial charge in [-0.25, -0.2) is 4.39 Å². The minimum Gasteiger partial charge on any atom is -0.367 e. The van der Waals surface area contributed by atoms with Crippen LogP contribution in [-0.4, -0.2) is 5.16 Å². The Bertz CT molecular complexity index is 649. The van der Waals surface area contributed by atoms with E-state index in [2.05, 4.69) is 5.16 Å². The number of halogens is 1. The molecule has 0 saturated heterocycles. The molecule has 4 heteroatoms. The molecule has 0 radical (unpaired) electrons. The first-order valence-corrected chi connectivity index (χ1v) is 7.70. The van der Waals surface area contributed by atoms with Gasteiger partial charge in [0.05, 0.1) is 11.3 Å². The normalized spacial score (nSPS) is 27.4. The summed E-state index contributed by atoms with van der Waals surface area (Å²) in [6, 6.07) is 6.37. The fourth-order valence-corrected chi connectivity index (χ4v) is 4.28. The molecule has 0 spiro atoms. The number of anilines is 1. The van der Waals surface area contributed by atoms with Crippen LogP contribution in [-0.2, 0) is 6.42 Å². The predicted molar refractivity (Wildman–Crippen MR) is 79.0 cm³/mol. The summed E-state index contributed by atoms with van der Waals surface area (Å²) in [7, 11) is 0. The second kappa shape index (κ2) is 4.86. The van der Waals surface area contributed by atoms with Crippen molar-refractivity contribution >= 4 is 5.88 Å². The number of rotatable bonds is 3. The number of nitrogens with two attached hydrogens (primary N) is 1. The third-order valence-electron chi connectivity index (χ3n) is 5.26. The topological polar surface area (TPSA) is 52.0 Å². The van der Waals surface area contributed by atoms with Crippen molar-refractivity contribution in [1.82, 2.24) is 5.16 Å². The first-order chi connectivity index (χ1) is 10.2. The molecule has 1 heterocycles. The van der Waals surface area contributed by atoms with Crippen molar-refractivity contribution in [2.75, 3.05) is 5.73 Å². The number of nitrogens with zero attached hydrogens (tertiary/aromatic N) is 1. The minimum atomic E-state index is -0.247. The van der Waals surface area contributed by atoms with E-state index in [9.17, 15) is 4.39 Å². The highest BCUT2D eigenvalue weighted by Crippen LogP contribution is 2.50. The lowest BCUT2D eigenvalue weighted by Gasteiger charge is -2.20. The van der Waals surface area contributed by atoms with Crippen LogP contribution >= 0.6 is 0 Å². The van der Waals surface area contributed by atoms with E-state index < -0.39 is 0 Å². The Balaban J connectivity index is 1.63. The molecule has 2 saturated carbocycles. The molecular weight excluding hydrogens is 267 g/mol. The lowest BCUT2D eigenvalue weighted by atomic mass is 9.84. The van der Waals surface area contributed by atoms with Crippen LogP contribution in [0.1, 0.15) is 31.4 Å². The lowest BCUT2D eigenvalue weighted by molar-refractivity contribution is 0.322. The molecule has 2 aliphatic carbocycles. The Morgan fingerprint density at radius 2 is 2.00 bits per heavy atom. The van der Waals surface area contributed by atoms with E-state index in [1.165, 1.54) is 37.8 Å². The minimum absolute atomic E-state index is 0.247. The van der Waals surface area contributed by atoms with E-state index in [1.807, 2.05) is 0 Å². The van der Waals surface area contributed by atoms with E-state index in [0.29, 0.717) is 11.8 Å². The van der Waals surface area contributed by atoms with Gasteiger partial charge < -0.3 is 10.3 Å². The summed E-state index contributed by atoms with van der Waals surface area (Å²) in [4.78, 5) is 0. The lowest BCUT2D eigenvalue weighted by Crippen LogP contribution is -2.13. The zero-order valence-electron chi connectivity index (χ0n) is 11.9. The van der Waals surface area contributed by atoms with Crippen LogP contribution in [0.25, 0.3) is 11.1 Å². The SMILES string of the molecule is Nc1onc(CC2CC3CCC2C3)c1-c1ccc(F)cc1. The van der Waals surface area contributed by atoms with Crippen molar-refractivity contribution in [3.63, 3.8) is 0 Å². The predicted octanol–water partition coefficient (Wildman–Crippen LogP) is 4.04. The summed E-state index contributed by atoms with van der Waals surface area (Å²) >= 11 is 0. The van der Waals surface area contributed by atoms with Gasteiger partial charge in [-0.3, -0.25) is 0 Å². The van der Waals surface area contributed by atoms with Crippen molar-refractivity contribution in [3.8, 4) is 11.1 Å². The molecule has 2 aliphatic rings. The summed E-state index contributed by atoms with van der Waals surface area (Å²) in [5.74, 6) is 2.54. The number of hydrogen-bond acceptors (Lipinski definition) is 3. The third-order valence-corrected chi connectivity index (χ3v) is 5.26. The van der Waals surface area contributed by atoms with Crippen molar-refractivity contribution < 1.29 is 8.91 Å². The van der Waals surface area contributed by atoms with E-state index in [0.717, 1.165) is 35.1 Å². The molecule has 3 atom stereocenters. The van der Waals surface area contributed by atoms with Crippen molar-refractivity contribution in [1.29, 1.82) is 0 Å². The molecule has 2 bridgehead atoms. The van der Waals surface area contributed by atoms with Crippen LogP contribution in [0, 0.1) is 23.6 Å². The number of aromatic nitrogens is 1. The van der Waals surface area contributed by atoms with Gasteiger partial charge >= 0.3 is 0 Å². The molecule has 2 fully saturated rings. The van der Waals surface area contributed by atoms with Crippen LogP contribution in [0.15, 0.2) is 28.8 Å². The van der Waals surface area contributed by atoms with Crippen LogP contribution in [0.2, 0.25) is 0 Å². The van der Waals surface area contributed by atoms with Gasteiger partial charge in [0.2, 0.25) is 5.88 Å². The fraction of sp³-hybridized carbons (Fsp3) is 0.471. The Labute approximate surface area is 123 Å². The largest absolute Gasteiger partial charge is 0.367 e. The van der Waals surface area contributed by atoms with Gasteiger partial charge in [0.15, 0.2) is 0 Å². The quantitative estimate of drug-likeness (QED) is 0.926. The van der Waals surface area contributed by atoms with E-state index in [1.54, 1.807) is 12.1 Å². The van der Waals surface area contributed by atoms with Crippen LogP contribution in [0.3, 0.4) is 0 Å². The first-order valence-electron chi connectivity index (χ1n) is 7.70. The zero-order chi connectivity index (χ0) is 14.4. The van der Waals surface area contributed by atoms with Gasteiger partial charge in [-0.15, -0.1) is 0 Å². The standard InChI is InChI=1S/C17H19FN2O/c18-14-5-3-11(4-6-14)16-15(20-21-17(16)19)9-13-8-10-1-2-12(13)7-10/h3-6,10,12-13H,1-2,7-9,19H2. The molecule has 2 N–H and O–H groups in total. The molecule has 0 aliphatic heterocycles. The highest BCUT2D eigenvalue weighted by atomic mass is 19.1. The molecule has 1 aromatic heterocycles. The maximum absolute atomic E-state index is 13.1. The van der Waals surface area contributed by atoms with Crippen LogP contribution < -0.4 is 5.73 Å². The van der Waals surface area contributed by atoms with E-state index >= 15 is 0 Å². The Kier molecular flexibility index (Phi) is 2.98. The summed E-state index contributed by atoms with van der Waals surface area (Å²) in [5, 5.41) is 4.17. The van der Waals surface area contributed by atoms with Crippen molar-refractivity contribution in [2.24, 2.45) is 17.8 Å². The summed E-state index contributed by atoms with van der Waals surface area (Å²) < 4.78 is 18.3. The van der Waals surface area contributed by atoms with E-state index in [4.69, 9.17) is 10.3 Å². The third kappa shape index (κ3) is 2.23. The van der Waals surface area contributed by atoms with Crippen molar-refractivity contribution in [2.45, 2.75) is 32.1 Å². The second-order valence-electron chi connectivity index (χ2n) is 6.51. The molecule has 0 amide bonds. The second-order valence-corrected chi connectivity index (χ2v) is 6.51. The van der Waals surface area contributed by atoms with Gasteiger partial charge in [-0.1, -0.05) is 23.7 Å². The number of hydrogen-bond donors (Lipinski definition) is 1. The van der Waals surface area contributed by atoms with Gasteiger partial charge in [0.25, 0.3) is 0 Å². The highest BCUT2D eigenvalue weighted by molar-refractivity contribution is 5.75. The highest BCUT2D eigenvalue weighted by Gasteiger charge is 2.40. The number of benzene rings is 1. The zero-order valence-corrected chi connectivity index (χ0v) is 11.9. The fourth-order valence-electron chi connectivity index (χ4n) is 4.28. The number of nitrogen functional groups attached to an aromatic ring is 1. The molecule has 4 rings (SSSR count). The Hall–Kier alpha value is -1.84. The molecular formula is C17H19FN2O. The van der Waals surface area contributed by atoms with E-state index in [-0.39, 0.29) is 5.82 Å². The summed E-state index contributed by atoms with van der Waals surface area (Å²) in [6.45, 7) is 0. The van der Waals surface area contributed by atoms with Gasteiger partial charge in [0.1, 0.15) is 5.82 Å². The molecule has 3 nitrogen and oxygen atoms in total. The summed E-state index contributed by atoms with van der Waals surface area (Å²) in [6.07, 6.45) is 6.36. The van der Waals surface area contributed by atoms with Crippen LogP contribution in [0.5, 0.6) is 0 Å². The first kappa shape index (κ1) is 12.9. The number of fused-ring (bicyclic) bond motifs is 2. The summed E-state index contributed by atoms with van der Waals surface area (Å²) in [5.41, 5.74) is 8.59. The van der Waals surface area contributed by atoms with Gasteiger partial charge in [-0.2, -0.15) is 0 Å². The monoisotopic (exact) mass is 286 g/mol. The van der Waals surface area contributed by atoms with Crippen LogP contribution in [0.4, 0.5) is 10.3 Å². The molecule has 1 aromatic carbocycles. The molecule has 21 heavy (non-hydrogen) atoms. The maximum Gasteiger partial charge on any atom is 0.230 e. The smallest absolute Gasteiger partial charge is 0.230 e. The average Bonchev–Trinajstić information content (AvgIpc) is 3.17. The van der Waals surface area contributed by atoms with Gasteiger partial charge in [-0.05, 0) is 61.1 Å². The van der Waals surface area contributed by atoms with Gasteiger partial charge in [0, 0.05) is 0 Å². The average molecular weight is 286 g/mol. The molecule has 110 valence electrons.